The summed E-state index contributed by atoms with van der Waals surface area (Å²) in [5.74, 6) is -2.62. The summed E-state index contributed by atoms with van der Waals surface area (Å²) in [4.78, 5) is 50.2. The number of benzene rings is 1. The number of aliphatic hydroxyl groups excluding tert-OH is 1. The number of esters is 2. The number of Topliss-reactive ketones (excluding diaryl/α,β-unsaturated/α-hetero) is 1. The van der Waals surface area contributed by atoms with Gasteiger partial charge in [0.2, 0.25) is 5.78 Å². The fourth-order valence-corrected chi connectivity index (χ4v) is 9.04. The van der Waals surface area contributed by atoms with Crippen molar-refractivity contribution in [2.75, 3.05) is 6.61 Å². The standard InChI is InChI=1S/C31H35ClO7/c1-18-14-24-23-11-10-21-15-22(34)12-13-28(21,3)30(23,32)25(35)16-29(24,4)31(18,39-19(2)33)26(36)17-38-27(37)20-8-6-5-7-9-20/h5-9,12-13,15,18,23-25,35H,10-11,14,16-17H2,1-4H3/t18-,23+,24+,25+,28+,29+,30+,31-/m1/s1. The maximum atomic E-state index is 14.1. The highest BCUT2D eigenvalue weighted by Crippen LogP contribution is 2.72. The van der Waals surface area contributed by atoms with Gasteiger partial charge < -0.3 is 14.6 Å². The predicted octanol–water partition coefficient (Wildman–Crippen LogP) is 4.60. The van der Waals surface area contributed by atoms with E-state index in [1.54, 1.807) is 36.4 Å². The molecule has 39 heavy (non-hydrogen) atoms. The molecular formula is C31H35ClO7. The number of ketones is 2. The molecule has 0 heterocycles. The lowest BCUT2D eigenvalue weighted by Crippen LogP contribution is -2.69. The number of halogens is 1. The van der Waals surface area contributed by atoms with Gasteiger partial charge in [0.15, 0.2) is 18.0 Å². The van der Waals surface area contributed by atoms with Crippen LogP contribution in [0.5, 0.6) is 0 Å². The minimum absolute atomic E-state index is 0.0876. The van der Waals surface area contributed by atoms with Crippen molar-refractivity contribution in [1.82, 2.24) is 0 Å². The largest absolute Gasteiger partial charge is 0.454 e. The van der Waals surface area contributed by atoms with Crippen molar-refractivity contribution in [2.45, 2.75) is 70.0 Å². The normalized spacial score (nSPS) is 40.6. The molecule has 4 aliphatic carbocycles. The summed E-state index contributed by atoms with van der Waals surface area (Å²) in [5, 5.41) is 11.8. The van der Waals surface area contributed by atoms with Crippen LogP contribution in [-0.2, 0) is 23.9 Å². The molecule has 4 aliphatic rings. The number of carbonyl (C=O) groups excluding carboxylic acids is 4. The van der Waals surface area contributed by atoms with E-state index < -0.39 is 57.7 Å². The van der Waals surface area contributed by atoms with Gasteiger partial charge in [-0.25, -0.2) is 4.79 Å². The van der Waals surface area contributed by atoms with E-state index in [1.165, 1.54) is 13.0 Å². The minimum atomic E-state index is -1.60. The van der Waals surface area contributed by atoms with Gasteiger partial charge in [0.1, 0.15) is 0 Å². The third kappa shape index (κ3) is 3.80. The fraction of sp³-hybridized carbons (Fsp3) is 0.548. The molecule has 8 heteroatoms. The molecule has 7 nitrogen and oxygen atoms in total. The van der Waals surface area contributed by atoms with Crippen LogP contribution in [0.4, 0.5) is 0 Å². The summed E-state index contributed by atoms with van der Waals surface area (Å²) in [6.07, 6.45) is 5.84. The smallest absolute Gasteiger partial charge is 0.338 e. The molecule has 0 aliphatic heterocycles. The molecule has 1 aromatic carbocycles. The van der Waals surface area contributed by atoms with Crippen molar-refractivity contribution in [3.8, 4) is 0 Å². The Morgan fingerprint density at radius 2 is 1.82 bits per heavy atom. The average Bonchev–Trinajstić information content (AvgIpc) is 3.10. The average molecular weight is 555 g/mol. The molecule has 0 unspecified atom stereocenters. The van der Waals surface area contributed by atoms with Crippen LogP contribution in [0.1, 0.15) is 63.7 Å². The first kappa shape index (κ1) is 27.8. The Balaban J connectivity index is 1.52. The second-order valence-electron chi connectivity index (χ2n) is 12.1. The van der Waals surface area contributed by atoms with Crippen molar-refractivity contribution >= 4 is 35.1 Å². The molecule has 0 amide bonds. The molecule has 0 radical (unpaired) electrons. The van der Waals surface area contributed by atoms with Gasteiger partial charge in [-0.15, -0.1) is 11.6 Å². The SMILES string of the molecule is CC(=O)O[C@@]1(C(=O)COC(=O)c2ccccc2)[C@H](C)C[C@H]2[C@@H]3CCC4=CC(=O)C=C[C@]4(C)[C@@]3(Cl)[C@@H](O)C[C@@]21C. The topological polar surface area (TPSA) is 107 Å². The quantitative estimate of drug-likeness (QED) is 0.418. The molecule has 1 N–H and O–H groups in total. The van der Waals surface area contributed by atoms with Crippen molar-refractivity contribution in [3.63, 3.8) is 0 Å². The van der Waals surface area contributed by atoms with Crippen LogP contribution >= 0.6 is 11.6 Å². The molecule has 208 valence electrons. The maximum absolute atomic E-state index is 14.1. The summed E-state index contributed by atoms with van der Waals surface area (Å²) in [6, 6.07) is 8.38. The Hall–Kier alpha value is -2.77. The van der Waals surface area contributed by atoms with E-state index in [9.17, 15) is 24.3 Å². The first-order valence-corrected chi connectivity index (χ1v) is 14.0. The third-order valence-corrected chi connectivity index (χ3v) is 11.2. The molecule has 3 fully saturated rings. The van der Waals surface area contributed by atoms with Gasteiger partial charge in [-0.3, -0.25) is 14.4 Å². The maximum Gasteiger partial charge on any atom is 0.338 e. The van der Waals surface area contributed by atoms with E-state index >= 15 is 0 Å². The van der Waals surface area contributed by atoms with Crippen LogP contribution in [0.25, 0.3) is 0 Å². The summed E-state index contributed by atoms with van der Waals surface area (Å²) in [5.41, 5.74) is -2.08. The number of aliphatic hydroxyl groups is 1. The molecule has 1 aromatic rings. The van der Waals surface area contributed by atoms with Gasteiger partial charge >= 0.3 is 11.9 Å². The molecule has 3 saturated carbocycles. The van der Waals surface area contributed by atoms with Gasteiger partial charge in [-0.05, 0) is 61.8 Å². The van der Waals surface area contributed by atoms with E-state index in [1.807, 2.05) is 26.8 Å². The number of rotatable bonds is 5. The summed E-state index contributed by atoms with van der Waals surface area (Å²) in [7, 11) is 0. The molecule has 0 spiro atoms. The number of hydrogen-bond donors (Lipinski definition) is 1. The lowest BCUT2D eigenvalue weighted by Gasteiger charge is -2.64. The molecular weight excluding hydrogens is 520 g/mol. The van der Waals surface area contributed by atoms with Crippen molar-refractivity contribution in [1.29, 1.82) is 0 Å². The highest BCUT2D eigenvalue weighted by atomic mass is 35.5. The van der Waals surface area contributed by atoms with Crippen LogP contribution < -0.4 is 0 Å². The van der Waals surface area contributed by atoms with Crippen molar-refractivity contribution in [3.05, 3.63) is 59.7 Å². The van der Waals surface area contributed by atoms with Crippen LogP contribution in [0.2, 0.25) is 0 Å². The molecule has 5 rings (SSSR count). The highest BCUT2D eigenvalue weighted by Gasteiger charge is 2.76. The number of alkyl halides is 1. The number of carbonyl (C=O) groups is 4. The Kier molecular flexibility index (Phi) is 6.70. The summed E-state index contributed by atoms with van der Waals surface area (Å²) >= 11 is 7.50. The van der Waals surface area contributed by atoms with E-state index in [0.717, 1.165) is 5.57 Å². The van der Waals surface area contributed by atoms with Gasteiger partial charge in [0.25, 0.3) is 0 Å². The van der Waals surface area contributed by atoms with Crippen LogP contribution in [0, 0.1) is 28.6 Å². The first-order chi connectivity index (χ1) is 18.3. The third-order valence-electron chi connectivity index (χ3n) is 10.2. The predicted molar refractivity (Wildman–Crippen MR) is 144 cm³/mol. The highest BCUT2D eigenvalue weighted by molar-refractivity contribution is 6.26. The van der Waals surface area contributed by atoms with Crippen LogP contribution in [0.3, 0.4) is 0 Å². The Bertz CT molecular complexity index is 1290. The number of hydrogen-bond acceptors (Lipinski definition) is 7. The lowest BCUT2D eigenvalue weighted by molar-refractivity contribution is -0.201. The molecule has 0 bridgehead atoms. The summed E-state index contributed by atoms with van der Waals surface area (Å²) < 4.78 is 11.4. The first-order valence-electron chi connectivity index (χ1n) is 13.6. The Labute approximate surface area is 233 Å². The van der Waals surface area contributed by atoms with Crippen LogP contribution in [0.15, 0.2) is 54.1 Å². The summed E-state index contributed by atoms with van der Waals surface area (Å²) in [6.45, 7) is 6.45. The molecule has 0 saturated heterocycles. The second-order valence-corrected chi connectivity index (χ2v) is 12.7. The minimum Gasteiger partial charge on any atom is -0.454 e. The zero-order valence-electron chi connectivity index (χ0n) is 22.7. The number of ether oxygens (including phenoxy) is 2. The fourth-order valence-electron chi connectivity index (χ4n) is 8.52. The zero-order valence-corrected chi connectivity index (χ0v) is 23.5. The number of fused-ring (bicyclic) bond motifs is 5. The van der Waals surface area contributed by atoms with E-state index in [0.29, 0.717) is 24.8 Å². The van der Waals surface area contributed by atoms with Gasteiger partial charge in [0, 0.05) is 23.7 Å². The van der Waals surface area contributed by atoms with Crippen molar-refractivity contribution < 1.29 is 33.8 Å². The Morgan fingerprint density at radius 1 is 1.13 bits per heavy atom. The van der Waals surface area contributed by atoms with Crippen LogP contribution in [-0.4, -0.2) is 51.8 Å². The Morgan fingerprint density at radius 3 is 2.49 bits per heavy atom. The van der Waals surface area contributed by atoms with Gasteiger partial charge in [-0.2, -0.15) is 0 Å². The number of allylic oxidation sites excluding steroid dienone is 4. The zero-order chi connectivity index (χ0) is 28.4. The van der Waals surface area contributed by atoms with E-state index in [4.69, 9.17) is 21.1 Å². The van der Waals surface area contributed by atoms with Gasteiger partial charge in [0.05, 0.1) is 16.5 Å². The molecule has 8 atom stereocenters. The lowest BCUT2D eigenvalue weighted by atomic mass is 9.45. The molecule has 0 aromatic heterocycles. The van der Waals surface area contributed by atoms with Gasteiger partial charge in [-0.1, -0.05) is 50.6 Å². The van der Waals surface area contributed by atoms with Crippen molar-refractivity contribution in [2.24, 2.45) is 28.6 Å². The monoisotopic (exact) mass is 554 g/mol. The van der Waals surface area contributed by atoms with E-state index in [2.05, 4.69) is 0 Å². The second kappa shape index (κ2) is 9.41. The van der Waals surface area contributed by atoms with E-state index in [-0.39, 0.29) is 24.0 Å².